The van der Waals surface area contributed by atoms with Crippen molar-refractivity contribution >= 4 is 18.3 Å². The molecule has 0 radical (unpaired) electrons. The third kappa shape index (κ3) is 5.38. The molecule has 1 fully saturated rings. The minimum Gasteiger partial charge on any atom is -0.406 e. The van der Waals surface area contributed by atoms with E-state index in [9.17, 15) is 18.0 Å². The van der Waals surface area contributed by atoms with E-state index in [1.807, 2.05) is 6.92 Å². The van der Waals surface area contributed by atoms with Crippen LogP contribution in [0.1, 0.15) is 23.7 Å². The standard InChI is InChI=1S/C14H17F3N2O2.ClH/c1-9-5-6-18-8-12(9)19-13(20)10-3-2-4-11(7-10)21-14(15,16)17;/h2-4,7,9,12,18H,5-6,8H2,1H3,(H,19,20);1H. The van der Waals surface area contributed by atoms with Crippen LogP contribution in [0.3, 0.4) is 0 Å². The van der Waals surface area contributed by atoms with Crippen LogP contribution in [0, 0.1) is 5.92 Å². The van der Waals surface area contributed by atoms with Crippen LogP contribution in [-0.4, -0.2) is 31.4 Å². The highest BCUT2D eigenvalue weighted by Crippen LogP contribution is 2.23. The Balaban J connectivity index is 0.00000242. The zero-order valence-electron chi connectivity index (χ0n) is 11.9. The molecule has 0 aromatic heterocycles. The van der Waals surface area contributed by atoms with Crippen molar-refractivity contribution in [1.29, 1.82) is 0 Å². The van der Waals surface area contributed by atoms with Crippen molar-refractivity contribution in [2.75, 3.05) is 13.1 Å². The van der Waals surface area contributed by atoms with E-state index in [0.29, 0.717) is 12.5 Å². The Bertz CT molecular complexity index is 511. The smallest absolute Gasteiger partial charge is 0.406 e. The maximum Gasteiger partial charge on any atom is 0.573 e. The van der Waals surface area contributed by atoms with Crippen molar-refractivity contribution in [3.63, 3.8) is 0 Å². The predicted octanol–water partition coefficient (Wildman–Crippen LogP) is 2.73. The second-order valence-electron chi connectivity index (χ2n) is 5.13. The maximum absolute atomic E-state index is 12.2. The van der Waals surface area contributed by atoms with Crippen molar-refractivity contribution in [2.45, 2.75) is 25.7 Å². The average molecular weight is 339 g/mol. The molecule has 0 saturated carbocycles. The number of halogens is 4. The Labute approximate surface area is 132 Å². The van der Waals surface area contributed by atoms with E-state index >= 15 is 0 Å². The van der Waals surface area contributed by atoms with Crippen LogP contribution in [0.25, 0.3) is 0 Å². The Morgan fingerprint density at radius 3 is 2.77 bits per heavy atom. The minimum atomic E-state index is -4.77. The lowest BCUT2D eigenvalue weighted by atomic mass is 9.94. The van der Waals surface area contributed by atoms with Crippen LogP contribution < -0.4 is 15.4 Å². The van der Waals surface area contributed by atoms with E-state index in [2.05, 4.69) is 15.4 Å². The SMILES string of the molecule is CC1CCNCC1NC(=O)c1cccc(OC(F)(F)F)c1.Cl. The highest BCUT2D eigenvalue weighted by atomic mass is 35.5. The lowest BCUT2D eigenvalue weighted by Gasteiger charge is -2.30. The van der Waals surface area contributed by atoms with Crippen LogP contribution in [0.2, 0.25) is 0 Å². The summed E-state index contributed by atoms with van der Waals surface area (Å²) in [5.41, 5.74) is 0.148. The fourth-order valence-corrected chi connectivity index (χ4v) is 2.27. The average Bonchev–Trinajstić information content (AvgIpc) is 2.39. The van der Waals surface area contributed by atoms with Crippen molar-refractivity contribution in [3.05, 3.63) is 29.8 Å². The van der Waals surface area contributed by atoms with E-state index in [1.54, 1.807) is 0 Å². The summed E-state index contributed by atoms with van der Waals surface area (Å²) in [7, 11) is 0. The van der Waals surface area contributed by atoms with Crippen LogP contribution in [0.15, 0.2) is 24.3 Å². The van der Waals surface area contributed by atoms with Gasteiger partial charge >= 0.3 is 6.36 Å². The summed E-state index contributed by atoms with van der Waals surface area (Å²) < 4.78 is 40.3. The molecular formula is C14H18ClF3N2O2. The summed E-state index contributed by atoms with van der Waals surface area (Å²) in [6, 6.07) is 5.04. The molecule has 1 aliphatic heterocycles. The summed E-state index contributed by atoms with van der Waals surface area (Å²) in [5.74, 6) is -0.474. The third-order valence-corrected chi connectivity index (χ3v) is 3.47. The molecule has 1 amide bonds. The van der Waals surface area contributed by atoms with E-state index < -0.39 is 18.0 Å². The Morgan fingerprint density at radius 1 is 1.41 bits per heavy atom. The molecule has 1 aromatic rings. The van der Waals surface area contributed by atoms with Crippen molar-refractivity contribution in [1.82, 2.24) is 10.6 Å². The molecular weight excluding hydrogens is 321 g/mol. The number of carbonyl (C=O) groups is 1. The monoisotopic (exact) mass is 338 g/mol. The number of amides is 1. The van der Waals surface area contributed by atoms with E-state index in [1.165, 1.54) is 12.1 Å². The number of piperidine rings is 1. The normalized spacial score (nSPS) is 21.6. The number of carbonyl (C=O) groups excluding carboxylic acids is 1. The van der Waals surface area contributed by atoms with E-state index in [0.717, 1.165) is 25.1 Å². The summed E-state index contributed by atoms with van der Waals surface area (Å²) in [6.07, 6.45) is -3.82. The molecule has 2 N–H and O–H groups in total. The van der Waals surface area contributed by atoms with Gasteiger partial charge in [-0.2, -0.15) is 0 Å². The highest BCUT2D eigenvalue weighted by molar-refractivity contribution is 5.94. The molecule has 2 rings (SSSR count). The number of benzene rings is 1. The molecule has 0 spiro atoms. The van der Waals surface area contributed by atoms with Crippen molar-refractivity contribution in [3.8, 4) is 5.75 Å². The Morgan fingerprint density at radius 2 is 2.14 bits per heavy atom. The quantitative estimate of drug-likeness (QED) is 0.891. The fourth-order valence-electron chi connectivity index (χ4n) is 2.27. The molecule has 22 heavy (non-hydrogen) atoms. The second-order valence-corrected chi connectivity index (χ2v) is 5.13. The molecule has 0 aliphatic carbocycles. The number of alkyl halides is 3. The van der Waals surface area contributed by atoms with Gasteiger partial charge in [0, 0.05) is 18.2 Å². The number of hydrogen-bond acceptors (Lipinski definition) is 3. The van der Waals surface area contributed by atoms with Gasteiger partial charge in [-0.1, -0.05) is 13.0 Å². The molecule has 1 aromatic carbocycles. The molecule has 0 bridgehead atoms. The second kappa shape index (κ2) is 7.69. The zero-order valence-corrected chi connectivity index (χ0v) is 12.8. The fraction of sp³-hybridized carbons (Fsp3) is 0.500. The molecule has 8 heteroatoms. The first-order valence-electron chi connectivity index (χ1n) is 6.72. The van der Waals surface area contributed by atoms with Gasteiger partial charge in [0.1, 0.15) is 5.75 Å². The van der Waals surface area contributed by atoms with Crippen molar-refractivity contribution in [2.24, 2.45) is 5.92 Å². The van der Waals surface area contributed by atoms with Gasteiger partial charge in [0.05, 0.1) is 0 Å². The van der Waals surface area contributed by atoms with Gasteiger partial charge in [-0.25, -0.2) is 0 Å². The van der Waals surface area contributed by atoms with Gasteiger partial charge in [0.2, 0.25) is 0 Å². The zero-order chi connectivity index (χ0) is 15.5. The predicted molar refractivity (Wildman–Crippen MR) is 78.3 cm³/mol. The van der Waals surface area contributed by atoms with Crippen LogP contribution >= 0.6 is 12.4 Å². The van der Waals surface area contributed by atoms with Gasteiger partial charge in [0.25, 0.3) is 5.91 Å². The summed E-state index contributed by atoms with van der Waals surface area (Å²) in [6.45, 7) is 3.60. The van der Waals surface area contributed by atoms with Gasteiger partial charge < -0.3 is 15.4 Å². The van der Waals surface area contributed by atoms with E-state index in [4.69, 9.17) is 0 Å². The summed E-state index contributed by atoms with van der Waals surface area (Å²) >= 11 is 0. The topological polar surface area (TPSA) is 50.4 Å². The number of hydrogen-bond donors (Lipinski definition) is 2. The van der Waals surface area contributed by atoms with Crippen LogP contribution in [0.4, 0.5) is 13.2 Å². The van der Waals surface area contributed by atoms with E-state index in [-0.39, 0.29) is 24.0 Å². The summed E-state index contributed by atoms with van der Waals surface area (Å²) in [4.78, 5) is 12.1. The lowest BCUT2D eigenvalue weighted by molar-refractivity contribution is -0.274. The maximum atomic E-state index is 12.2. The largest absolute Gasteiger partial charge is 0.573 e. The first-order chi connectivity index (χ1) is 9.85. The molecule has 1 heterocycles. The first kappa shape index (κ1) is 18.6. The molecule has 2 atom stereocenters. The number of ether oxygens (including phenoxy) is 1. The number of rotatable bonds is 3. The first-order valence-corrected chi connectivity index (χ1v) is 6.72. The van der Waals surface area contributed by atoms with Crippen LogP contribution in [0.5, 0.6) is 5.75 Å². The van der Waals surface area contributed by atoms with Gasteiger partial charge in [-0.15, -0.1) is 25.6 Å². The van der Waals surface area contributed by atoms with Crippen LogP contribution in [-0.2, 0) is 0 Å². The molecule has 2 unspecified atom stereocenters. The lowest BCUT2D eigenvalue weighted by Crippen LogP contribution is -2.50. The van der Waals surface area contributed by atoms with Gasteiger partial charge in [0.15, 0.2) is 0 Å². The molecule has 1 aliphatic rings. The number of nitrogens with one attached hydrogen (secondary N) is 2. The van der Waals surface area contributed by atoms with Crippen molar-refractivity contribution < 1.29 is 22.7 Å². The molecule has 4 nitrogen and oxygen atoms in total. The minimum absolute atomic E-state index is 0. The highest BCUT2D eigenvalue weighted by Gasteiger charge is 2.31. The third-order valence-electron chi connectivity index (χ3n) is 3.47. The molecule has 124 valence electrons. The molecule has 1 saturated heterocycles. The van der Waals surface area contributed by atoms with Gasteiger partial charge in [-0.3, -0.25) is 4.79 Å². The Kier molecular flexibility index (Phi) is 6.49. The summed E-state index contributed by atoms with van der Waals surface area (Å²) in [5, 5.41) is 6.01. The Hall–Kier alpha value is -1.47. The van der Waals surface area contributed by atoms with Gasteiger partial charge in [-0.05, 0) is 37.1 Å².